The fourth-order valence-electron chi connectivity index (χ4n) is 3.08. The number of para-hydroxylation sites is 1. The third-order valence-electron chi connectivity index (χ3n) is 4.40. The first-order chi connectivity index (χ1) is 13.1. The van der Waals surface area contributed by atoms with Gasteiger partial charge in [-0.3, -0.25) is 9.59 Å². The van der Waals surface area contributed by atoms with Crippen LogP contribution in [0.5, 0.6) is 11.5 Å². The lowest BCUT2D eigenvalue weighted by Gasteiger charge is -2.15. The molecule has 0 spiro atoms. The summed E-state index contributed by atoms with van der Waals surface area (Å²) in [5.74, 6) is -1.63. The van der Waals surface area contributed by atoms with E-state index >= 15 is 0 Å². The second-order valence-electron chi connectivity index (χ2n) is 6.10. The van der Waals surface area contributed by atoms with Crippen LogP contribution in [0, 0.1) is 5.92 Å². The van der Waals surface area contributed by atoms with E-state index in [1.165, 1.54) is 6.21 Å². The average molecular weight is 367 g/mol. The number of phenolic OH excluding ortho intramolecular Hbond substituents is 1. The molecule has 2 amide bonds. The molecule has 2 atom stereocenters. The molecule has 27 heavy (non-hydrogen) atoms. The summed E-state index contributed by atoms with van der Waals surface area (Å²) in [6.45, 7) is 2.64. The Morgan fingerprint density at radius 1 is 1.30 bits per heavy atom. The highest BCUT2D eigenvalue weighted by molar-refractivity contribution is 6.03. The number of hydrogen-bond donors (Lipinski definition) is 3. The second-order valence-corrected chi connectivity index (χ2v) is 6.10. The zero-order valence-electron chi connectivity index (χ0n) is 14.9. The largest absolute Gasteiger partial charge is 0.504 e. The first kappa shape index (κ1) is 18.4. The van der Waals surface area contributed by atoms with E-state index in [1.807, 2.05) is 37.3 Å². The fraction of sp³-hybridized carbons (Fsp3) is 0.250. The van der Waals surface area contributed by atoms with Gasteiger partial charge in [0.2, 0.25) is 5.91 Å². The van der Waals surface area contributed by atoms with Gasteiger partial charge in [-0.2, -0.15) is 5.10 Å². The van der Waals surface area contributed by atoms with Crippen LogP contribution in [0.3, 0.4) is 0 Å². The van der Waals surface area contributed by atoms with Crippen LogP contribution >= 0.6 is 0 Å². The lowest BCUT2D eigenvalue weighted by molar-refractivity contribution is -0.133. The standard InChI is InChI=1S/C20H21N3O4/c1-2-27-16-10-6-9-14(18(16)24)11-22-23-20(26)17-15(12-21-19(17)25)13-7-4-3-5-8-13/h3-11,15,17,24H,2,12H2,1H3,(H,21,25)(H,23,26)/b22-11+/t15-,17-/m1/s1. The highest BCUT2D eigenvalue weighted by Crippen LogP contribution is 2.30. The van der Waals surface area contributed by atoms with Crippen molar-refractivity contribution in [3.63, 3.8) is 0 Å². The summed E-state index contributed by atoms with van der Waals surface area (Å²) in [6.07, 6.45) is 1.32. The number of hydrazone groups is 1. The number of carbonyl (C=O) groups excluding carboxylic acids is 2. The number of carbonyl (C=O) groups is 2. The van der Waals surface area contributed by atoms with Crippen molar-refractivity contribution in [3.8, 4) is 11.5 Å². The lowest BCUT2D eigenvalue weighted by Crippen LogP contribution is -2.34. The summed E-state index contributed by atoms with van der Waals surface area (Å²) in [5, 5.41) is 16.8. The van der Waals surface area contributed by atoms with Gasteiger partial charge in [0.25, 0.3) is 5.91 Å². The van der Waals surface area contributed by atoms with Crippen LogP contribution in [0.25, 0.3) is 0 Å². The van der Waals surface area contributed by atoms with Gasteiger partial charge >= 0.3 is 0 Å². The van der Waals surface area contributed by atoms with Crippen LogP contribution in [0.2, 0.25) is 0 Å². The molecule has 0 radical (unpaired) electrons. The van der Waals surface area contributed by atoms with Crippen molar-refractivity contribution in [1.29, 1.82) is 0 Å². The minimum atomic E-state index is -0.854. The topological polar surface area (TPSA) is 100 Å². The lowest BCUT2D eigenvalue weighted by atomic mass is 9.88. The number of nitrogens with one attached hydrogen (secondary N) is 2. The number of hydrogen-bond acceptors (Lipinski definition) is 5. The van der Waals surface area contributed by atoms with Crippen LogP contribution in [0.15, 0.2) is 53.6 Å². The molecule has 0 saturated carbocycles. The van der Waals surface area contributed by atoms with Gasteiger partial charge in [-0.25, -0.2) is 5.43 Å². The number of benzene rings is 2. The number of amides is 2. The van der Waals surface area contributed by atoms with Crippen molar-refractivity contribution >= 4 is 18.0 Å². The molecule has 0 bridgehead atoms. The molecule has 0 aromatic heterocycles. The summed E-state index contributed by atoms with van der Waals surface area (Å²) in [6, 6.07) is 14.4. The van der Waals surface area contributed by atoms with Crippen molar-refractivity contribution in [1.82, 2.24) is 10.7 Å². The summed E-state index contributed by atoms with van der Waals surface area (Å²) in [4.78, 5) is 24.6. The Balaban J connectivity index is 1.70. The van der Waals surface area contributed by atoms with Gasteiger partial charge in [0, 0.05) is 18.0 Å². The highest BCUT2D eigenvalue weighted by Gasteiger charge is 2.40. The Labute approximate surface area is 157 Å². The predicted octanol–water partition coefficient (Wildman–Crippen LogP) is 1.77. The van der Waals surface area contributed by atoms with E-state index in [2.05, 4.69) is 15.8 Å². The Morgan fingerprint density at radius 2 is 2.07 bits per heavy atom. The molecule has 1 saturated heterocycles. The number of ether oxygens (including phenoxy) is 1. The Morgan fingerprint density at radius 3 is 2.81 bits per heavy atom. The molecule has 3 N–H and O–H groups in total. The molecule has 7 heteroatoms. The second kappa shape index (κ2) is 8.35. The molecular weight excluding hydrogens is 346 g/mol. The number of aromatic hydroxyl groups is 1. The van der Waals surface area contributed by atoms with Crippen LogP contribution < -0.4 is 15.5 Å². The maximum absolute atomic E-state index is 12.5. The van der Waals surface area contributed by atoms with E-state index in [9.17, 15) is 14.7 Å². The van der Waals surface area contributed by atoms with Crippen molar-refractivity contribution in [2.24, 2.45) is 11.0 Å². The van der Waals surface area contributed by atoms with Gasteiger partial charge in [0.1, 0.15) is 5.92 Å². The molecule has 1 aliphatic rings. The van der Waals surface area contributed by atoms with E-state index in [4.69, 9.17) is 4.74 Å². The molecule has 7 nitrogen and oxygen atoms in total. The minimum Gasteiger partial charge on any atom is -0.504 e. The van der Waals surface area contributed by atoms with E-state index in [-0.39, 0.29) is 17.6 Å². The van der Waals surface area contributed by atoms with Crippen LogP contribution in [0.1, 0.15) is 24.0 Å². The molecule has 2 aromatic rings. The predicted molar refractivity (Wildman–Crippen MR) is 101 cm³/mol. The zero-order valence-corrected chi connectivity index (χ0v) is 14.9. The third-order valence-corrected chi connectivity index (χ3v) is 4.40. The molecule has 1 aliphatic heterocycles. The van der Waals surface area contributed by atoms with Crippen LogP contribution in [-0.4, -0.2) is 36.3 Å². The normalized spacial score (nSPS) is 19.1. The van der Waals surface area contributed by atoms with E-state index in [0.29, 0.717) is 24.5 Å². The molecule has 2 aromatic carbocycles. The molecular formula is C20H21N3O4. The molecule has 1 heterocycles. The van der Waals surface area contributed by atoms with Gasteiger partial charge in [0.05, 0.1) is 12.8 Å². The van der Waals surface area contributed by atoms with Crippen molar-refractivity contribution in [2.45, 2.75) is 12.8 Å². The Kier molecular flexibility index (Phi) is 5.71. The minimum absolute atomic E-state index is 0.0573. The number of nitrogens with zero attached hydrogens (tertiary/aromatic N) is 1. The zero-order chi connectivity index (χ0) is 19.2. The first-order valence-electron chi connectivity index (χ1n) is 8.72. The third kappa shape index (κ3) is 4.08. The van der Waals surface area contributed by atoms with Crippen molar-refractivity contribution < 1.29 is 19.4 Å². The summed E-state index contributed by atoms with van der Waals surface area (Å²) >= 11 is 0. The van der Waals surface area contributed by atoms with E-state index < -0.39 is 11.8 Å². The maximum Gasteiger partial charge on any atom is 0.253 e. The van der Waals surface area contributed by atoms with Crippen molar-refractivity contribution in [2.75, 3.05) is 13.2 Å². The van der Waals surface area contributed by atoms with Gasteiger partial charge in [0.15, 0.2) is 11.5 Å². The Hall–Kier alpha value is -3.35. The van der Waals surface area contributed by atoms with Gasteiger partial charge in [-0.1, -0.05) is 36.4 Å². The molecule has 0 aliphatic carbocycles. The fourth-order valence-corrected chi connectivity index (χ4v) is 3.08. The van der Waals surface area contributed by atoms with Gasteiger partial charge < -0.3 is 15.2 Å². The van der Waals surface area contributed by atoms with Gasteiger partial charge in [-0.05, 0) is 24.6 Å². The van der Waals surface area contributed by atoms with E-state index in [1.54, 1.807) is 18.2 Å². The molecule has 3 rings (SSSR count). The molecule has 0 unspecified atom stereocenters. The number of rotatable bonds is 6. The Bertz CT molecular complexity index is 852. The van der Waals surface area contributed by atoms with E-state index in [0.717, 1.165) is 5.56 Å². The molecule has 1 fully saturated rings. The SMILES string of the molecule is CCOc1cccc(/C=N/NC(=O)[C@H]2C(=O)NC[C@@H]2c2ccccc2)c1O. The maximum atomic E-state index is 12.5. The highest BCUT2D eigenvalue weighted by atomic mass is 16.5. The smallest absolute Gasteiger partial charge is 0.253 e. The van der Waals surface area contributed by atoms with Crippen LogP contribution in [0.4, 0.5) is 0 Å². The number of phenols is 1. The average Bonchev–Trinajstić information content (AvgIpc) is 3.07. The summed E-state index contributed by atoms with van der Waals surface area (Å²) < 4.78 is 5.31. The monoisotopic (exact) mass is 367 g/mol. The quantitative estimate of drug-likeness (QED) is 0.412. The first-order valence-corrected chi connectivity index (χ1v) is 8.72. The summed E-state index contributed by atoms with van der Waals surface area (Å²) in [7, 11) is 0. The van der Waals surface area contributed by atoms with Crippen molar-refractivity contribution in [3.05, 3.63) is 59.7 Å². The van der Waals surface area contributed by atoms with Crippen LogP contribution in [-0.2, 0) is 9.59 Å². The molecule has 140 valence electrons. The van der Waals surface area contributed by atoms with Gasteiger partial charge in [-0.15, -0.1) is 0 Å². The summed E-state index contributed by atoms with van der Waals surface area (Å²) in [5.41, 5.74) is 3.72.